The lowest BCUT2D eigenvalue weighted by Crippen LogP contribution is -2.36. The molecule has 2 rings (SSSR count). The first-order valence-electron chi connectivity index (χ1n) is 6.28. The molecule has 1 aliphatic rings. The van der Waals surface area contributed by atoms with Gasteiger partial charge in [0.25, 0.3) is 5.91 Å². The van der Waals surface area contributed by atoms with Gasteiger partial charge in [0.15, 0.2) is 9.84 Å². The number of halogens is 1. The molecule has 0 aliphatic carbocycles. The molecule has 0 aromatic heterocycles. The lowest BCUT2D eigenvalue weighted by atomic mass is 10.1. The van der Waals surface area contributed by atoms with Crippen molar-refractivity contribution in [3.05, 3.63) is 40.4 Å². The van der Waals surface area contributed by atoms with Crippen molar-refractivity contribution in [1.82, 2.24) is 5.32 Å². The highest BCUT2D eigenvalue weighted by molar-refractivity contribution is 7.91. The van der Waals surface area contributed by atoms with Crippen LogP contribution in [0.15, 0.2) is 29.8 Å². The van der Waals surface area contributed by atoms with Crippen molar-refractivity contribution >= 4 is 33.4 Å². The molecule has 1 aliphatic heterocycles. The van der Waals surface area contributed by atoms with Crippen LogP contribution in [0.2, 0.25) is 5.02 Å². The fourth-order valence-electron chi connectivity index (χ4n) is 2.05. The van der Waals surface area contributed by atoms with Crippen LogP contribution in [0.5, 0.6) is 0 Å². The average Bonchev–Trinajstić information content (AvgIpc) is 2.77. The second-order valence-corrected chi connectivity index (χ2v) is 7.46. The zero-order valence-corrected chi connectivity index (χ0v) is 12.6. The summed E-state index contributed by atoms with van der Waals surface area (Å²) in [5.41, 5.74) is 0.603. The standard InChI is InChI=1S/C14H13ClN2O3S/c15-12-3-1-10(2-4-12)7-11(8-16)14(18)17-13-5-6-21(19,20)9-13/h1-4,7,13H,5-6,9H2,(H,17,18)/b11-7+/t13-/m0/s1. The lowest BCUT2D eigenvalue weighted by Gasteiger charge is -2.09. The molecule has 0 spiro atoms. The number of nitrogens with zero attached hydrogens (tertiary/aromatic N) is 1. The van der Waals surface area contributed by atoms with Crippen molar-refractivity contribution in [3.8, 4) is 6.07 Å². The van der Waals surface area contributed by atoms with Gasteiger partial charge in [-0.25, -0.2) is 8.42 Å². The van der Waals surface area contributed by atoms with Gasteiger partial charge in [-0.2, -0.15) is 5.26 Å². The molecule has 1 amide bonds. The molecule has 1 heterocycles. The van der Waals surface area contributed by atoms with Gasteiger partial charge in [0.2, 0.25) is 0 Å². The van der Waals surface area contributed by atoms with E-state index in [1.165, 1.54) is 6.08 Å². The van der Waals surface area contributed by atoms with Gasteiger partial charge in [-0.15, -0.1) is 0 Å². The maximum atomic E-state index is 12.0. The van der Waals surface area contributed by atoms with Gasteiger partial charge in [0.1, 0.15) is 11.6 Å². The molecule has 1 aromatic rings. The van der Waals surface area contributed by atoms with Gasteiger partial charge in [-0.05, 0) is 30.2 Å². The number of carbonyl (C=O) groups excluding carboxylic acids is 1. The van der Waals surface area contributed by atoms with Gasteiger partial charge < -0.3 is 5.32 Å². The molecule has 0 bridgehead atoms. The Bertz CT molecular complexity index is 718. The van der Waals surface area contributed by atoms with E-state index in [2.05, 4.69) is 5.32 Å². The van der Waals surface area contributed by atoms with Crippen LogP contribution in [-0.4, -0.2) is 31.9 Å². The molecule has 0 unspecified atom stereocenters. The average molecular weight is 325 g/mol. The Labute approximate surface area is 128 Å². The summed E-state index contributed by atoms with van der Waals surface area (Å²) in [6.45, 7) is 0. The van der Waals surface area contributed by atoms with E-state index in [4.69, 9.17) is 16.9 Å². The maximum Gasteiger partial charge on any atom is 0.262 e. The Kier molecular flexibility index (Phi) is 4.66. The second kappa shape index (κ2) is 6.29. The normalized spacial score (nSPS) is 20.8. The van der Waals surface area contributed by atoms with Crippen LogP contribution in [0.4, 0.5) is 0 Å². The van der Waals surface area contributed by atoms with Crippen LogP contribution in [-0.2, 0) is 14.6 Å². The Morgan fingerprint density at radius 2 is 2.05 bits per heavy atom. The van der Waals surface area contributed by atoms with Gasteiger partial charge in [0.05, 0.1) is 11.5 Å². The number of benzene rings is 1. The highest BCUT2D eigenvalue weighted by Crippen LogP contribution is 2.14. The molecule has 0 radical (unpaired) electrons. The number of rotatable bonds is 3. The molecule has 1 fully saturated rings. The summed E-state index contributed by atoms with van der Waals surface area (Å²) in [6.07, 6.45) is 1.82. The molecule has 1 saturated heterocycles. The molecule has 110 valence electrons. The van der Waals surface area contributed by atoms with Crippen molar-refractivity contribution in [1.29, 1.82) is 5.26 Å². The molecule has 7 heteroatoms. The summed E-state index contributed by atoms with van der Waals surface area (Å²) in [4.78, 5) is 12.0. The number of nitriles is 1. The largest absolute Gasteiger partial charge is 0.348 e. The number of sulfone groups is 1. The molecule has 1 N–H and O–H groups in total. The van der Waals surface area contributed by atoms with E-state index in [0.717, 1.165) is 0 Å². The first-order chi connectivity index (χ1) is 9.89. The van der Waals surface area contributed by atoms with Crippen LogP contribution in [0, 0.1) is 11.3 Å². The summed E-state index contributed by atoms with van der Waals surface area (Å²) >= 11 is 5.76. The highest BCUT2D eigenvalue weighted by atomic mass is 35.5. The minimum atomic E-state index is -3.07. The van der Waals surface area contributed by atoms with Crippen LogP contribution in [0.25, 0.3) is 6.08 Å². The predicted molar refractivity (Wildman–Crippen MR) is 80.2 cm³/mol. The van der Waals surface area contributed by atoms with E-state index in [9.17, 15) is 13.2 Å². The van der Waals surface area contributed by atoms with E-state index < -0.39 is 21.8 Å². The van der Waals surface area contributed by atoms with Crippen LogP contribution < -0.4 is 5.32 Å². The SMILES string of the molecule is N#C/C(=C\c1ccc(Cl)cc1)C(=O)N[C@H]1CCS(=O)(=O)C1. The third kappa shape index (κ3) is 4.31. The summed E-state index contributed by atoms with van der Waals surface area (Å²) in [5, 5.41) is 12.2. The van der Waals surface area contributed by atoms with Crippen LogP contribution >= 0.6 is 11.6 Å². The summed E-state index contributed by atoms with van der Waals surface area (Å²) in [6, 6.07) is 8.09. The van der Waals surface area contributed by atoms with E-state index in [1.807, 2.05) is 6.07 Å². The third-order valence-electron chi connectivity index (χ3n) is 3.11. The molecule has 21 heavy (non-hydrogen) atoms. The lowest BCUT2D eigenvalue weighted by molar-refractivity contribution is -0.117. The van der Waals surface area contributed by atoms with Crippen LogP contribution in [0.3, 0.4) is 0 Å². The predicted octanol–water partition coefficient (Wildman–Crippen LogP) is 1.55. The second-order valence-electron chi connectivity index (χ2n) is 4.79. The number of hydrogen-bond acceptors (Lipinski definition) is 4. The van der Waals surface area contributed by atoms with E-state index in [0.29, 0.717) is 17.0 Å². The molecule has 0 saturated carbocycles. The van der Waals surface area contributed by atoms with Crippen molar-refractivity contribution in [3.63, 3.8) is 0 Å². The van der Waals surface area contributed by atoms with Gasteiger partial charge >= 0.3 is 0 Å². The number of amides is 1. The minimum absolute atomic E-state index is 0.0679. The number of carbonyl (C=O) groups is 1. The van der Waals surface area contributed by atoms with Gasteiger partial charge in [-0.3, -0.25) is 4.79 Å². The first-order valence-corrected chi connectivity index (χ1v) is 8.48. The molecule has 5 nitrogen and oxygen atoms in total. The Morgan fingerprint density at radius 1 is 1.38 bits per heavy atom. The Balaban J connectivity index is 2.09. The van der Waals surface area contributed by atoms with Crippen molar-refractivity contribution in [2.24, 2.45) is 0 Å². The quantitative estimate of drug-likeness (QED) is 0.675. The fourth-order valence-corrected chi connectivity index (χ4v) is 3.85. The molecule has 1 atom stereocenters. The zero-order valence-electron chi connectivity index (χ0n) is 11.0. The van der Waals surface area contributed by atoms with Crippen molar-refractivity contribution in [2.75, 3.05) is 11.5 Å². The van der Waals surface area contributed by atoms with E-state index >= 15 is 0 Å². The first kappa shape index (κ1) is 15.5. The molecular weight excluding hydrogens is 312 g/mol. The van der Waals surface area contributed by atoms with E-state index in [-0.39, 0.29) is 17.1 Å². The topological polar surface area (TPSA) is 87.0 Å². The fraction of sp³-hybridized carbons (Fsp3) is 0.286. The molecule has 1 aromatic carbocycles. The number of hydrogen-bond donors (Lipinski definition) is 1. The van der Waals surface area contributed by atoms with Gasteiger partial charge in [0, 0.05) is 11.1 Å². The summed E-state index contributed by atoms with van der Waals surface area (Å²) in [7, 11) is -3.07. The van der Waals surface area contributed by atoms with Crippen molar-refractivity contribution < 1.29 is 13.2 Å². The van der Waals surface area contributed by atoms with Gasteiger partial charge in [-0.1, -0.05) is 23.7 Å². The highest BCUT2D eigenvalue weighted by Gasteiger charge is 2.29. The number of nitrogens with one attached hydrogen (secondary N) is 1. The smallest absolute Gasteiger partial charge is 0.262 e. The molecular formula is C14H13ClN2O3S. The Hall–Kier alpha value is -1.84. The Morgan fingerprint density at radius 3 is 2.57 bits per heavy atom. The zero-order chi connectivity index (χ0) is 15.5. The maximum absolute atomic E-state index is 12.0. The third-order valence-corrected chi connectivity index (χ3v) is 5.13. The summed E-state index contributed by atoms with van der Waals surface area (Å²) in [5.74, 6) is -0.561. The summed E-state index contributed by atoms with van der Waals surface area (Å²) < 4.78 is 22.7. The van der Waals surface area contributed by atoms with Crippen molar-refractivity contribution in [2.45, 2.75) is 12.5 Å². The van der Waals surface area contributed by atoms with Crippen LogP contribution in [0.1, 0.15) is 12.0 Å². The van der Waals surface area contributed by atoms with E-state index in [1.54, 1.807) is 24.3 Å². The minimum Gasteiger partial charge on any atom is -0.348 e. The monoisotopic (exact) mass is 324 g/mol.